The summed E-state index contributed by atoms with van der Waals surface area (Å²) in [5.74, 6) is 0.171. The standard InChI is InChI=1S/C17H15BrN2O2S/c1-2-8-20(16(21)15-7-4-9-22-15)17-19-14(11-23-17)12-5-3-6-13(18)10-12/h3-7,9-11H,2,8H2,1H3. The Balaban J connectivity index is 1.91. The summed E-state index contributed by atoms with van der Waals surface area (Å²) in [5.41, 5.74) is 1.88. The molecule has 1 amide bonds. The molecule has 118 valence electrons. The second-order valence-corrected chi connectivity index (χ2v) is 6.71. The Bertz CT molecular complexity index is 799. The number of benzene rings is 1. The summed E-state index contributed by atoms with van der Waals surface area (Å²) in [4.78, 5) is 18.9. The minimum absolute atomic E-state index is 0.160. The van der Waals surface area contributed by atoms with Gasteiger partial charge in [-0.3, -0.25) is 9.69 Å². The zero-order chi connectivity index (χ0) is 16.2. The number of furan rings is 1. The second kappa shape index (κ2) is 7.10. The first-order chi connectivity index (χ1) is 11.2. The summed E-state index contributed by atoms with van der Waals surface area (Å²) in [5, 5.41) is 2.65. The fourth-order valence-corrected chi connectivity index (χ4v) is 3.47. The van der Waals surface area contributed by atoms with E-state index in [0.717, 1.165) is 22.2 Å². The maximum atomic E-state index is 12.6. The molecule has 0 atom stereocenters. The number of hydrogen-bond acceptors (Lipinski definition) is 4. The molecule has 0 aliphatic heterocycles. The van der Waals surface area contributed by atoms with Crippen LogP contribution < -0.4 is 4.90 Å². The monoisotopic (exact) mass is 390 g/mol. The number of hydrogen-bond donors (Lipinski definition) is 0. The molecule has 0 unspecified atom stereocenters. The van der Waals surface area contributed by atoms with E-state index >= 15 is 0 Å². The van der Waals surface area contributed by atoms with Crippen molar-refractivity contribution in [3.8, 4) is 11.3 Å². The van der Waals surface area contributed by atoms with Crippen molar-refractivity contribution in [2.24, 2.45) is 0 Å². The van der Waals surface area contributed by atoms with E-state index in [1.807, 2.05) is 36.6 Å². The minimum Gasteiger partial charge on any atom is -0.459 e. The number of carbonyl (C=O) groups excluding carboxylic acids is 1. The van der Waals surface area contributed by atoms with Gasteiger partial charge in [0.1, 0.15) is 0 Å². The fourth-order valence-electron chi connectivity index (χ4n) is 2.21. The number of nitrogens with zero attached hydrogens (tertiary/aromatic N) is 2. The normalized spacial score (nSPS) is 10.7. The molecule has 2 heterocycles. The highest BCUT2D eigenvalue weighted by Gasteiger charge is 2.22. The van der Waals surface area contributed by atoms with E-state index < -0.39 is 0 Å². The van der Waals surface area contributed by atoms with Gasteiger partial charge in [-0.1, -0.05) is 35.0 Å². The maximum absolute atomic E-state index is 12.6. The van der Waals surface area contributed by atoms with E-state index in [1.165, 1.54) is 17.6 Å². The van der Waals surface area contributed by atoms with Crippen molar-refractivity contribution < 1.29 is 9.21 Å². The van der Waals surface area contributed by atoms with E-state index in [-0.39, 0.29) is 5.91 Å². The third kappa shape index (κ3) is 3.54. The van der Waals surface area contributed by atoms with Crippen molar-refractivity contribution in [1.82, 2.24) is 4.98 Å². The lowest BCUT2D eigenvalue weighted by Gasteiger charge is -2.17. The first-order valence-corrected chi connectivity index (χ1v) is 8.93. The lowest BCUT2D eigenvalue weighted by Crippen LogP contribution is -2.31. The predicted molar refractivity (Wildman–Crippen MR) is 95.9 cm³/mol. The highest BCUT2D eigenvalue weighted by Crippen LogP contribution is 2.29. The molecule has 0 fully saturated rings. The van der Waals surface area contributed by atoms with Gasteiger partial charge >= 0.3 is 0 Å². The molecule has 0 radical (unpaired) electrons. The molecule has 0 aliphatic carbocycles. The lowest BCUT2D eigenvalue weighted by molar-refractivity contribution is 0.0960. The zero-order valence-electron chi connectivity index (χ0n) is 12.5. The summed E-state index contributed by atoms with van der Waals surface area (Å²) in [7, 11) is 0. The van der Waals surface area contributed by atoms with Crippen LogP contribution in [0.4, 0.5) is 5.13 Å². The summed E-state index contributed by atoms with van der Waals surface area (Å²) in [6, 6.07) is 11.3. The Morgan fingerprint density at radius 2 is 2.22 bits per heavy atom. The van der Waals surface area contributed by atoms with Crippen LogP contribution in [0.15, 0.2) is 56.9 Å². The van der Waals surface area contributed by atoms with Crippen LogP contribution in [0.5, 0.6) is 0 Å². The first-order valence-electron chi connectivity index (χ1n) is 7.26. The van der Waals surface area contributed by atoms with Crippen LogP contribution in [0.25, 0.3) is 11.3 Å². The quantitative estimate of drug-likeness (QED) is 0.599. The lowest BCUT2D eigenvalue weighted by atomic mass is 10.2. The van der Waals surface area contributed by atoms with Crippen LogP contribution in [0.1, 0.15) is 23.9 Å². The predicted octanol–water partition coefficient (Wildman–Crippen LogP) is 5.22. The third-order valence-corrected chi connectivity index (χ3v) is 4.62. The van der Waals surface area contributed by atoms with Gasteiger partial charge in [0.2, 0.25) is 0 Å². The molecule has 23 heavy (non-hydrogen) atoms. The maximum Gasteiger partial charge on any atom is 0.295 e. The number of amides is 1. The average molecular weight is 391 g/mol. The van der Waals surface area contributed by atoms with Crippen LogP contribution in [0.3, 0.4) is 0 Å². The SMILES string of the molecule is CCCN(C(=O)c1ccco1)c1nc(-c2cccc(Br)c2)cs1. The number of thiazole rings is 1. The van der Waals surface area contributed by atoms with Gasteiger partial charge in [0.25, 0.3) is 5.91 Å². The summed E-state index contributed by atoms with van der Waals surface area (Å²) >= 11 is 4.93. The highest BCUT2D eigenvalue weighted by atomic mass is 79.9. The van der Waals surface area contributed by atoms with Gasteiger partial charge in [-0.15, -0.1) is 11.3 Å². The van der Waals surface area contributed by atoms with Gasteiger partial charge in [-0.2, -0.15) is 0 Å². The van der Waals surface area contributed by atoms with Crippen LogP contribution >= 0.6 is 27.3 Å². The van der Waals surface area contributed by atoms with Gasteiger partial charge in [-0.25, -0.2) is 4.98 Å². The van der Waals surface area contributed by atoms with Crippen LogP contribution in [-0.2, 0) is 0 Å². The Morgan fingerprint density at radius 1 is 1.35 bits per heavy atom. The van der Waals surface area contributed by atoms with Gasteiger partial charge in [0, 0.05) is 22.0 Å². The van der Waals surface area contributed by atoms with Crippen molar-refractivity contribution in [2.45, 2.75) is 13.3 Å². The molecule has 1 aromatic carbocycles. The molecule has 0 saturated heterocycles. The van der Waals surface area contributed by atoms with Crippen molar-refractivity contribution in [3.63, 3.8) is 0 Å². The number of aromatic nitrogens is 1. The van der Waals surface area contributed by atoms with E-state index in [2.05, 4.69) is 20.9 Å². The van der Waals surface area contributed by atoms with E-state index in [0.29, 0.717) is 17.4 Å². The van der Waals surface area contributed by atoms with E-state index in [4.69, 9.17) is 4.42 Å². The fraction of sp³-hybridized carbons (Fsp3) is 0.176. The Hall–Kier alpha value is -1.92. The third-order valence-electron chi connectivity index (χ3n) is 3.27. The average Bonchev–Trinajstić information content (AvgIpc) is 3.23. The molecule has 0 saturated carbocycles. The van der Waals surface area contributed by atoms with Crippen molar-refractivity contribution in [2.75, 3.05) is 11.4 Å². The molecule has 0 aliphatic rings. The number of rotatable bonds is 5. The molecule has 0 spiro atoms. The van der Waals surface area contributed by atoms with Crippen LogP contribution in [0.2, 0.25) is 0 Å². The molecule has 0 N–H and O–H groups in total. The van der Waals surface area contributed by atoms with Gasteiger partial charge < -0.3 is 4.42 Å². The molecule has 0 bridgehead atoms. The first kappa shape index (κ1) is 16.0. The summed E-state index contributed by atoms with van der Waals surface area (Å²) < 4.78 is 6.23. The highest BCUT2D eigenvalue weighted by molar-refractivity contribution is 9.10. The van der Waals surface area contributed by atoms with Crippen LogP contribution in [0, 0.1) is 0 Å². The number of anilines is 1. The molecule has 4 nitrogen and oxygen atoms in total. The van der Waals surface area contributed by atoms with Crippen LogP contribution in [-0.4, -0.2) is 17.4 Å². The molecular formula is C17H15BrN2O2S. The topological polar surface area (TPSA) is 46.3 Å². The largest absolute Gasteiger partial charge is 0.459 e. The number of halogens is 1. The van der Waals surface area contributed by atoms with E-state index in [1.54, 1.807) is 17.0 Å². The number of carbonyl (C=O) groups is 1. The molecular weight excluding hydrogens is 376 g/mol. The Labute approximate surface area is 146 Å². The molecule has 2 aromatic heterocycles. The van der Waals surface area contributed by atoms with Crippen molar-refractivity contribution in [3.05, 3.63) is 58.3 Å². The minimum atomic E-state index is -0.160. The second-order valence-electron chi connectivity index (χ2n) is 4.96. The molecule has 3 aromatic rings. The Morgan fingerprint density at radius 3 is 2.91 bits per heavy atom. The van der Waals surface area contributed by atoms with E-state index in [9.17, 15) is 4.79 Å². The molecule has 6 heteroatoms. The van der Waals surface area contributed by atoms with Crippen molar-refractivity contribution >= 4 is 38.3 Å². The smallest absolute Gasteiger partial charge is 0.295 e. The van der Waals surface area contributed by atoms with Gasteiger partial charge in [-0.05, 0) is 30.7 Å². The van der Waals surface area contributed by atoms with Crippen molar-refractivity contribution in [1.29, 1.82) is 0 Å². The summed E-state index contributed by atoms with van der Waals surface area (Å²) in [6.45, 7) is 2.64. The van der Waals surface area contributed by atoms with Gasteiger partial charge in [0.05, 0.1) is 12.0 Å². The Kier molecular flexibility index (Phi) is 4.93. The summed E-state index contributed by atoms with van der Waals surface area (Å²) in [6.07, 6.45) is 2.35. The molecule has 3 rings (SSSR count). The zero-order valence-corrected chi connectivity index (χ0v) is 14.9. The van der Waals surface area contributed by atoms with Gasteiger partial charge in [0.15, 0.2) is 10.9 Å².